The van der Waals surface area contributed by atoms with E-state index in [4.69, 9.17) is 23.1 Å². The Hall–Kier alpha value is -1.48. The highest BCUT2D eigenvalue weighted by molar-refractivity contribution is 6.33. The van der Waals surface area contributed by atoms with E-state index in [9.17, 15) is 4.79 Å². The number of hydrogen-bond donors (Lipinski definition) is 2. The average molecular weight is 197 g/mol. The van der Waals surface area contributed by atoms with Gasteiger partial charge in [0.2, 0.25) is 5.91 Å². The van der Waals surface area contributed by atoms with Gasteiger partial charge in [-0.15, -0.1) is 0 Å². The Morgan fingerprint density at radius 2 is 2.15 bits per heavy atom. The summed E-state index contributed by atoms with van der Waals surface area (Å²) < 4.78 is 0. The smallest absolute Gasteiger partial charge is 0.241 e. The first-order valence-corrected chi connectivity index (χ1v) is 4.00. The number of benzene rings is 1. The van der Waals surface area contributed by atoms with Gasteiger partial charge in [0.1, 0.15) is 0 Å². The first-order chi connectivity index (χ1) is 6.09. The molecule has 1 rings (SSSR count). The van der Waals surface area contributed by atoms with E-state index in [0.29, 0.717) is 10.7 Å². The van der Waals surface area contributed by atoms with Gasteiger partial charge in [-0.25, -0.2) is 0 Å². The molecule has 0 fully saturated rings. The fourth-order valence-corrected chi connectivity index (χ4v) is 0.962. The van der Waals surface area contributed by atoms with E-state index in [1.54, 1.807) is 24.3 Å². The van der Waals surface area contributed by atoms with Crippen molar-refractivity contribution in [2.75, 3.05) is 5.73 Å². The second-order valence-electron chi connectivity index (χ2n) is 2.52. The minimum absolute atomic E-state index is 0.480. The molecular weight excluding hydrogens is 188 g/mol. The van der Waals surface area contributed by atoms with Crippen LogP contribution in [-0.4, -0.2) is 5.91 Å². The van der Waals surface area contributed by atoms with Crippen LogP contribution in [-0.2, 0) is 4.79 Å². The van der Waals surface area contributed by atoms with Crippen molar-refractivity contribution in [2.24, 2.45) is 5.73 Å². The lowest BCUT2D eigenvalue weighted by atomic mass is 10.2. The maximum atomic E-state index is 10.4. The second kappa shape index (κ2) is 3.96. The number of primary amides is 1. The van der Waals surface area contributed by atoms with Gasteiger partial charge in [-0.1, -0.05) is 17.7 Å². The minimum Gasteiger partial charge on any atom is -0.398 e. The van der Waals surface area contributed by atoms with Crippen LogP contribution < -0.4 is 11.5 Å². The largest absolute Gasteiger partial charge is 0.398 e. The van der Waals surface area contributed by atoms with E-state index >= 15 is 0 Å². The monoisotopic (exact) mass is 196 g/mol. The van der Waals surface area contributed by atoms with E-state index < -0.39 is 5.91 Å². The Balaban J connectivity index is 2.92. The summed E-state index contributed by atoms with van der Waals surface area (Å²) in [6.45, 7) is 0. The molecule has 0 aliphatic rings. The van der Waals surface area contributed by atoms with Crippen LogP contribution in [0.25, 0.3) is 6.08 Å². The molecule has 0 bridgehead atoms. The van der Waals surface area contributed by atoms with Crippen LogP contribution in [0.5, 0.6) is 0 Å². The summed E-state index contributed by atoms with van der Waals surface area (Å²) in [7, 11) is 0. The van der Waals surface area contributed by atoms with Crippen LogP contribution in [0.4, 0.5) is 5.69 Å². The fraction of sp³-hybridized carbons (Fsp3) is 0. The van der Waals surface area contributed by atoms with E-state index in [2.05, 4.69) is 0 Å². The number of halogens is 1. The van der Waals surface area contributed by atoms with E-state index in [-0.39, 0.29) is 0 Å². The topological polar surface area (TPSA) is 69.1 Å². The van der Waals surface area contributed by atoms with Gasteiger partial charge in [-0.3, -0.25) is 4.79 Å². The van der Waals surface area contributed by atoms with E-state index in [0.717, 1.165) is 5.56 Å². The molecule has 0 heterocycles. The lowest BCUT2D eigenvalue weighted by Gasteiger charge is -1.98. The predicted octanol–water partition coefficient (Wildman–Crippen LogP) is 1.42. The molecule has 68 valence electrons. The maximum absolute atomic E-state index is 10.4. The molecule has 1 aromatic rings. The number of nitrogen functional groups attached to an aromatic ring is 1. The molecule has 0 spiro atoms. The molecule has 4 heteroatoms. The highest BCUT2D eigenvalue weighted by Crippen LogP contribution is 2.19. The third kappa shape index (κ3) is 2.80. The van der Waals surface area contributed by atoms with Crippen LogP contribution in [0.3, 0.4) is 0 Å². The van der Waals surface area contributed by atoms with Crippen molar-refractivity contribution in [3.63, 3.8) is 0 Å². The van der Waals surface area contributed by atoms with Gasteiger partial charge >= 0.3 is 0 Å². The summed E-state index contributed by atoms with van der Waals surface area (Å²) in [4.78, 5) is 10.4. The van der Waals surface area contributed by atoms with Gasteiger partial charge in [0, 0.05) is 6.08 Å². The summed E-state index contributed by atoms with van der Waals surface area (Å²) in [6, 6.07) is 5.08. The third-order valence-electron chi connectivity index (χ3n) is 1.46. The lowest BCUT2D eigenvalue weighted by Crippen LogP contribution is -2.05. The van der Waals surface area contributed by atoms with Crippen LogP contribution in [0.15, 0.2) is 24.3 Å². The Morgan fingerprint density at radius 1 is 1.46 bits per heavy atom. The number of nitrogens with two attached hydrogens (primary N) is 2. The summed E-state index contributed by atoms with van der Waals surface area (Å²) in [5.41, 5.74) is 11.7. The van der Waals surface area contributed by atoms with Gasteiger partial charge in [0.25, 0.3) is 0 Å². The molecule has 0 saturated heterocycles. The zero-order chi connectivity index (χ0) is 9.84. The SMILES string of the molecule is NC(=O)/C=C\c1ccc(Cl)c(N)c1. The summed E-state index contributed by atoms with van der Waals surface area (Å²) in [5.74, 6) is -0.492. The molecular formula is C9H9ClN2O. The molecule has 3 nitrogen and oxygen atoms in total. The van der Waals surface area contributed by atoms with Crippen molar-refractivity contribution in [3.8, 4) is 0 Å². The molecule has 0 aliphatic carbocycles. The summed E-state index contributed by atoms with van der Waals surface area (Å²) in [6.07, 6.45) is 2.84. The molecule has 4 N–H and O–H groups in total. The minimum atomic E-state index is -0.492. The first-order valence-electron chi connectivity index (χ1n) is 3.62. The highest BCUT2D eigenvalue weighted by Gasteiger charge is 1.95. The average Bonchev–Trinajstić information content (AvgIpc) is 2.07. The number of carbonyl (C=O) groups excluding carboxylic acids is 1. The highest BCUT2D eigenvalue weighted by atomic mass is 35.5. The molecule has 0 aliphatic heterocycles. The standard InChI is InChI=1S/C9H9ClN2O/c10-7-3-1-6(5-8(7)11)2-4-9(12)13/h1-5H,11H2,(H2,12,13)/b4-2-. The second-order valence-corrected chi connectivity index (χ2v) is 2.92. The van der Waals surface area contributed by atoms with Gasteiger partial charge < -0.3 is 11.5 Å². The van der Waals surface area contributed by atoms with Crippen molar-refractivity contribution < 1.29 is 4.79 Å². The fourth-order valence-electron chi connectivity index (χ4n) is 0.844. The molecule has 13 heavy (non-hydrogen) atoms. The predicted molar refractivity (Wildman–Crippen MR) is 54.1 cm³/mol. The molecule has 0 unspecified atom stereocenters. The Bertz CT molecular complexity index is 361. The molecule has 0 radical (unpaired) electrons. The zero-order valence-electron chi connectivity index (χ0n) is 6.83. The molecule has 0 atom stereocenters. The van der Waals surface area contributed by atoms with E-state index in [1.807, 2.05) is 0 Å². The molecule has 0 aromatic heterocycles. The number of amides is 1. The Labute approximate surface area is 81.0 Å². The van der Waals surface area contributed by atoms with Gasteiger partial charge in [0.05, 0.1) is 10.7 Å². The lowest BCUT2D eigenvalue weighted by molar-refractivity contribution is -0.113. The first kappa shape index (κ1) is 9.61. The van der Waals surface area contributed by atoms with Crippen LogP contribution in [0.1, 0.15) is 5.56 Å². The quantitative estimate of drug-likeness (QED) is 0.555. The van der Waals surface area contributed by atoms with Gasteiger partial charge in [0.15, 0.2) is 0 Å². The van der Waals surface area contributed by atoms with Crippen molar-refractivity contribution in [1.82, 2.24) is 0 Å². The Kier molecular flexibility index (Phi) is 2.93. The number of rotatable bonds is 2. The van der Waals surface area contributed by atoms with Crippen molar-refractivity contribution in [1.29, 1.82) is 0 Å². The normalized spacial score (nSPS) is 10.5. The molecule has 0 saturated carbocycles. The van der Waals surface area contributed by atoms with Gasteiger partial charge in [-0.05, 0) is 23.8 Å². The maximum Gasteiger partial charge on any atom is 0.241 e. The van der Waals surface area contributed by atoms with Crippen LogP contribution in [0, 0.1) is 0 Å². The number of carbonyl (C=O) groups is 1. The van der Waals surface area contributed by atoms with Crippen molar-refractivity contribution in [2.45, 2.75) is 0 Å². The summed E-state index contributed by atoms with van der Waals surface area (Å²) in [5, 5.41) is 0.497. The zero-order valence-corrected chi connectivity index (χ0v) is 7.58. The van der Waals surface area contributed by atoms with Crippen LogP contribution >= 0.6 is 11.6 Å². The number of anilines is 1. The van der Waals surface area contributed by atoms with Crippen molar-refractivity contribution >= 4 is 29.3 Å². The third-order valence-corrected chi connectivity index (χ3v) is 1.80. The van der Waals surface area contributed by atoms with Crippen molar-refractivity contribution in [3.05, 3.63) is 34.9 Å². The molecule has 1 aromatic carbocycles. The van der Waals surface area contributed by atoms with Gasteiger partial charge in [-0.2, -0.15) is 0 Å². The van der Waals surface area contributed by atoms with E-state index in [1.165, 1.54) is 6.08 Å². The molecule has 1 amide bonds. The Morgan fingerprint density at radius 3 is 2.69 bits per heavy atom. The summed E-state index contributed by atoms with van der Waals surface area (Å²) >= 11 is 5.70. The van der Waals surface area contributed by atoms with Crippen LogP contribution in [0.2, 0.25) is 5.02 Å². The number of hydrogen-bond acceptors (Lipinski definition) is 2.